The third kappa shape index (κ3) is 5.87. The largest absolute Gasteiger partial charge is 0.389 e. The van der Waals surface area contributed by atoms with Crippen molar-refractivity contribution in [3.63, 3.8) is 0 Å². The van der Waals surface area contributed by atoms with Crippen LogP contribution in [0.5, 0.6) is 0 Å². The van der Waals surface area contributed by atoms with Gasteiger partial charge in [0.25, 0.3) is 0 Å². The molecule has 1 N–H and O–H groups in total. The normalized spacial score (nSPS) is 20.3. The van der Waals surface area contributed by atoms with Gasteiger partial charge >= 0.3 is 0 Å². The van der Waals surface area contributed by atoms with E-state index in [9.17, 15) is 5.11 Å². The van der Waals surface area contributed by atoms with Crippen LogP contribution in [0.4, 0.5) is 0 Å². The quantitative estimate of drug-likeness (QED) is 0.659. The van der Waals surface area contributed by atoms with Gasteiger partial charge in [-0.2, -0.15) is 0 Å². The second-order valence-corrected chi connectivity index (χ2v) is 6.59. The van der Waals surface area contributed by atoms with E-state index in [2.05, 4.69) is 18.7 Å². The molecule has 0 aliphatic carbocycles. The van der Waals surface area contributed by atoms with Gasteiger partial charge in [0.1, 0.15) is 0 Å². The van der Waals surface area contributed by atoms with Crippen LogP contribution in [0.3, 0.4) is 0 Å². The van der Waals surface area contributed by atoms with Gasteiger partial charge in [0, 0.05) is 19.6 Å². The van der Waals surface area contributed by atoms with Crippen LogP contribution in [0.25, 0.3) is 0 Å². The van der Waals surface area contributed by atoms with Crippen molar-refractivity contribution in [1.29, 1.82) is 0 Å². The number of unbranched alkanes of at least 4 members (excludes halogenated alkanes) is 3. The maximum Gasteiger partial charge on any atom is 0.0718 e. The molecule has 0 spiro atoms. The molecule has 1 heterocycles. The Morgan fingerprint density at radius 2 is 1.88 bits per heavy atom. The summed E-state index contributed by atoms with van der Waals surface area (Å²) in [4.78, 5) is 2.38. The molecule has 17 heavy (non-hydrogen) atoms. The molecule has 0 aromatic carbocycles. The highest BCUT2D eigenvalue weighted by molar-refractivity contribution is 4.86. The molecule has 0 bridgehead atoms. The van der Waals surface area contributed by atoms with Gasteiger partial charge in [0.05, 0.1) is 5.60 Å². The maximum absolute atomic E-state index is 9.74. The molecule has 1 saturated heterocycles. The zero-order valence-electron chi connectivity index (χ0n) is 12.2. The van der Waals surface area contributed by atoms with Crippen molar-refractivity contribution >= 4 is 0 Å². The molecule has 1 atom stereocenters. The fourth-order valence-corrected chi connectivity index (χ4v) is 2.77. The average Bonchev–Trinajstić information content (AvgIpc) is 2.16. The fourth-order valence-electron chi connectivity index (χ4n) is 2.77. The lowest BCUT2D eigenvalue weighted by Crippen LogP contribution is -2.53. The van der Waals surface area contributed by atoms with Crippen LogP contribution < -0.4 is 0 Å². The summed E-state index contributed by atoms with van der Waals surface area (Å²) in [7, 11) is 0. The van der Waals surface area contributed by atoms with Crippen molar-refractivity contribution in [3.8, 4) is 0 Å². The molecule has 1 fully saturated rings. The highest BCUT2D eigenvalue weighted by Gasteiger charge is 2.33. The molecule has 0 amide bonds. The molecule has 1 aliphatic heterocycles. The van der Waals surface area contributed by atoms with Gasteiger partial charge in [-0.15, -0.1) is 0 Å². The van der Waals surface area contributed by atoms with Crippen molar-refractivity contribution in [2.24, 2.45) is 11.8 Å². The molecular weight excluding hydrogens is 210 g/mol. The summed E-state index contributed by atoms with van der Waals surface area (Å²) in [6.07, 6.45) is 6.92. The van der Waals surface area contributed by atoms with E-state index in [1.54, 1.807) is 0 Å². The maximum atomic E-state index is 9.74. The Bertz CT molecular complexity index is 203. The first kappa shape index (κ1) is 15.0. The Morgan fingerprint density at radius 1 is 1.24 bits per heavy atom. The summed E-state index contributed by atoms with van der Waals surface area (Å²) >= 11 is 0. The van der Waals surface area contributed by atoms with E-state index in [4.69, 9.17) is 0 Å². The molecule has 2 heteroatoms. The number of β-amino-alcohol motifs (C(OH)–C–C–N with tert-alkyl or cyclic N) is 1. The predicted molar refractivity (Wildman–Crippen MR) is 74.2 cm³/mol. The Labute approximate surface area is 107 Å². The van der Waals surface area contributed by atoms with Crippen molar-refractivity contribution < 1.29 is 5.11 Å². The van der Waals surface area contributed by atoms with E-state index in [0.29, 0.717) is 0 Å². The summed E-state index contributed by atoms with van der Waals surface area (Å²) in [6.45, 7) is 11.7. The van der Waals surface area contributed by atoms with Gasteiger partial charge in [-0.3, -0.25) is 4.90 Å². The minimum Gasteiger partial charge on any atom is -0.389 e. The number of rotatable bonds is 8. The molecule has 1 rings (SSSR count). The topological polar surface area (TPSA) is 23.5 Å². The lowest BCUT2D eigenvalue weighted by molar-refractivity contribution is -0.0215. The number of hydrogen-bond acceptors (Lipinski definition) is 2. The highest BCUT2D eigenvalue weighted by atomic mass is 16.3. The first-order valence-corrected chi connectivity index (χ1v) is 7.37. The summed E-state index contributed by atoms with van der Waals surface area (Å²) in [5, 5.41) is 9.74. The minimum absolute atomic E-state index is 0.532. The molecule has 0 aromatic heterocycles. The lowest BCUT2D eigenvalue weighted by Gasteiger charge is -2.44. The van der Waals surface area contributed by atoms with E-state index >= 15 is 0 Å². The van der Waals surface area contributed by atoms with Gasteiger partial charge in [-0.25, -0.2) is 0 Å². The minimum atomic E-state index is -0.532. The van der Waals surface area contributed by atoms with Gasteiger partial charge in [0.15, 0.2) is 0 Å². The third-order valence-corrected chi connectivity index (χ3v) is 3.91. The summed E-state index contributed by atoms with van der Waals surface area (Å²) in [5.41, 5.74) is -0.532. The van der Waals surface area contributed by atoms with Gasteiger partial charge < -0.3 is 5.11 Å². The number of nitrogens with zero attached hydrogens (tertiary/aromatic N) is 1. The summed E-state index contributed by atoms with van der Waals surface area (Å²) < 4.78 is 0. The zero-order valence-corrected chi connectivity index (χ0v) is 12.2. The first-order chi connectivity index (χ1) is 7.92. The molecule has 0 saturated carbocycles. The van der Waals surface area contributed by atoms with E-state index in [-0.39, 0.29) is 0 Å². The zero-order chi connectivity index (χ0) is 12.9. The Hall–Kier alpha value is -0.0800. The Morgan fingerprint density at radius 3 is 2.41 bits per heavy atom. The van der Waals surface area contributed by atoms with Gasteiger partial charge in [-0.05, 0) is 25.7 Å². The third-order valence-electron chi connectivity index (χ3n) is 3.91. The van der Waals surface area contributed by atoms with E-state index in [1.807, 2.05) is 13.8 Å². The molecule has 102 valence electrons. The fraction of sp³-hybridized carbons (Fsp3) is 1.00. The predicted octanol–water partition coefficient (Wildman–Crippen LogP) is 3.30. The second-order valence-electron chi connectivity index (χ2n) is 6.59. The van der Waals surface area contributed by atoms with Crippen LogP contribution in [-0.4, -0.2) is 35.2 Å². The van der Waals surface area contributed by atoms with E-state index in [0.717, 1.165) is 18.4 Å². The average molecular weight is 241 g/mol. The first-order valence-electron chi connectivity index (χ1n) is 7.37. The summed E-state index contributed by atoms with van der Waals surface area (Å²) in [6, 6.07) is 0. The smallest absolute Gasteiger partial charge is 0.0718 e. The number of likely N-dealkylation sites (tertiary alicyclic amines) is 1. The van der Waals surface area contributed by atoms with E-state index < -0.39 is 5.60 Å². The lowest BCUT2D eigenvalue weighted by atomic mass is 9.83. The monoisotopic (exact) mass is 241 g/mol. The van der Waals surface area contributed by atoms with Crippen LogP contribution in [0.15, 0.2) is 0 Å². The van der Waals surface area contributed by atoms with E-state index in [1.165, 1.54) is 45.2 Å². The van der Waals surface area contributed by atoms with Crippen molar-refractivity contribution in [2.75, 3.05) is 19.6 Å². The highest BCUT2D eigenvalue weighted by Crippen LogP contribution is 2.28. The van der Waals surface area contributed by atoms with Crippen LogP contribution in [0.1, 0.15) is 59.8 Å². The van der Waals surface area contributed by atoms with Crippen LogP contribution in [-0.2, 0) is 0 Å². The van der Waals surface area contributed by atoms with Crippen molar-refractivity contribution in [1.82, 2.24) is 4.90 Å². The standard InChI is InChI=1S/C15H31NO/c1-5-6-7-8-9-13(2)14-10-16(11-14)12-15(3,4)17/h13-14,17H,5-12H2,1-4H3. The van der Waals surface area contributed by atoms with Gasteiger partial charge in [0.2, 0.25) is 0 Å². The summed E-state index contributed by atoms with van der Waals surface area (Å²) in [5.74, 6) is 1.74. The van der Waals surface area contributed by atoms with Crippen molar-refractivity contribution in [2.45, 2.75) is 65.4 Å². The SMILES string of the molecule is CCCCCCC(C)C1CN(CC(C)(C)O)C1. The number of hydrogen-bond donors (Lipinski definition) is 1. The second kappa shape index (κ2) is 6.75. The molecule has 1 aliphatic rings. The van der Waals surface area contributed by atoms with Crippen molar-refractivity contribution in [3.05, 3.63) is 0 Å². The number of aliphatic hydroxyl groups is 1. The molecule has 1 unspecified atom stereocenters. The molecule has 0 radical (unpaired) electrons. The van der Waals surface area contributed by atoms with Crippen LogP contribution >= 0.6 is 0 Å². The molecular formula is C15H31NO. The Balaban J connectivity index is 2.06. The van der Waals surface area contributed by atoms with Crippen LogP contribution in [0.2, 0.25) is 0 Å². The molecule has 0 aromatic rings. The van der Waals surface area contributed by atoms with Crippen LogP contribution in [0, 0.1) is 11.8 Å². The molecule has 2 nitrogen and oxygen atoms in total. The van der Waals surface area contributed by atoms with Gasteiger partial charge in [-0.1, -0.05) is 46.0 Å². The Kier molecular flexibility index (Phi) is 5.94.